The largest absolute Gasteiger partial charge is 0.495 e. The summed E-state index contributed by atoms with van der Waals surface area (Å²) < 4.78 is 5.08. The molecule has 0 aliphatic carbocycles. The van der Waals surface area contributed by atoms with Gasteiger partial charge in [0.15, 0.2) is 0 Å². The molecule has 1 heterocycles. The van der Waals surface area contributed by atoms with Gasteiger partial charge in [-0.25, -0.2) is 0 Å². The number of benzene rings is 1. The van der Waals surface area contributed by atoms with E-state index in [1.807, 2.05) is 0 Å². The molecule has 2 rings (SSSR count). The molecule has 0 fully saturated rings. The second-order valence-corrected chi connectivity index (χ2v) is 4.85. The van der Waals surface area contributed by atoms with Crippen molar-refractivity contribution in [2.24, 2.45) is 0 Å². The van der Waals surface area contributed by atoms with Gasteiger partial charge < -0.3 is 15.4 Å². The number of nitrogens with zero attached hydrogens (tertiary/aromatic N) is 2. The molecule has 1 aromatic heterocycles. The molecular weight excluding hydrogens is 288 g/mol. The Labute approximate surface area is 118 Å². The molecule has 0 saturated carbocycles. The van der Waals surface area contributed by atoms with Crippen LogP contribution >= 0.6 is 22.9 Å². The Bertz CT molecular complexity index is 602. The van der Waals surface area contributed by atoms with Gasteiger partial charge in [0.1, 0.15) is 5.75 Å². The smallest absolute Gasteiger partial charge is 0.286 e. The van der Waals surface area contributed by atoms with Crippen LogP contribution in [0.15, 0.2) is 18.2 Å². The lowest BCUT2D eigenvalue weighted by molar-refractivity contribution is 0.102. The van der Waals surface area contributed by atoms with Crippen LogP contribution in [0, 0.1) is 0 Å². The lowest BCUT2D eigenvalue weighted by Crippen LogP contribution is -2.11. The third-order valence-electron chi connectivity index (χ3n) is 2.24. The van der Waals surface area contributed by atoms with Gasteiger partial charge in [-0.2, -0.15) is 0 Å². The highest BCUT2D eigenvalue weighted by molar-refractivity contribution is 7.17. The van der Waals surface area contributed by atoms with E-state index in [0.29, 0.717) is 21.6 Å². The number of halogens is 1. The van der Waals surface area contributed by atoms with E-state index >= 15 is 0 Å². The normalized spacial score (nSPS) is 10.1. The maximum absolute atomic E-state index is 11.9. The van der Waals surface area contributed by atoms with Gasteiger partial charge in [0.25, 0.3) is 5.91 Å². The summed E-state index contributed by atoms with van der Waals surface area (Å²) in [6, 6.07) is 4.97. The molecule has 19 heavy (non-hydrogen) atoms. The minimum Gasteiger partial charge on any atom is -0.495 e. The van der Waals surface area contributed by atoms with Gasteiger partial charge in [-0.15, -0.1) is 10.2 Å². The first kappa shape index (κ1) is 13.6. The van der Waals surface area contributed by atoms with Gasteiger partial charge >= 0.3 is 0 Å². The van der Waals surface area contributed by atoms with Crippen LogP contribution in [0.25, 0.3) is 0 Å². The number of aromatic nitrogens is 2. The molecule has 0 bridgehead atoms. The number of ether oxygens (including phenoxy) is 1. The number of anilines is 2. The fourth-order valence-electron chi connectivity index (χ4n) is 1.34. The number of nitrogens with one attached hydrogen (secondary N) is 2. The molecule has 0 unspecified atom stereocenters. The fraction of sp³-hybridized carbons (Fsp3) is 0.182. The highest BCUT2D eigenvalue weighted by Gasteiger charge is 2.13. The van der Waals surface area contributed by atoms with Gasteiger partial charge in [0.2, 0.25) is 10.1 Å². The van der Waals surface area contributed by atoms with Gasteiger partial charge in [0, 0.05) is 18.8 Å². The predicted octanol–water partition coefficient (Wildman–Crippen LogP) is 2.49. The molecule has 100 valence electrons. The van der Waals surface area contributed by atoms with Crippen molar-refractivity contribution in [1.29, 1.82) is 0 Å². The first-order chi connectivity index (χ1) is 9.13. The Morgan fingerprint density at radius 2 is 2.21 bits per heavy atom. The molecule has 2 N–H and O–H groups in total. The Morgan fingerprint density at radius 1 is 1.42 bits per heavy atom. The Balaban J connectivity index is 2.14. The summed E-state index contributed by atoms with van der Waals surface area (Å²) in [5, 5.41) is 14.4. The topological polar surface area (TPSA) is 76.1 Å². The number of carbonyl (C=O) groups excluding carboxylic acids is 1. The number of carbonyl (C=O) groups is 1. The summed E-state index contributed by atoms with van der Waals surface area (Å²) in [5.41, 5.74) is 0.576. The molecule has 0 atom stereocenters. The monoisotopic (exact) mass is 298 g/mol. The van der Waals surface area contributed by atoms with Crippen molar-refractivity contribution in [3.05, 3.63) is 28.2 Å². The fourth-order valence-corrected chi connectivity index (χ4v) is 2.13. The molecule has 0 aliphatic heterocycles. The van der Waals surface area contributed by atoms with Crippen molar-refractivity contribution in [1.82, 2.24) is 10.2 Å². The Kier molecular flexibility index (Phi) is 4.18. The molecule has 1 aromatic carbocycles. The average molecular weight is 299 g/mol. The van der Waals surface area contributed by atoms with E-state index in [1.54, 1.807) is 25.2 Å². The highest BCUT2D eigenvalue weighted by atomic mass is 35.5. The number of hydrogen-bond donors (Lipinski definition) is 2. The third-order valence-corrected chi connectivity index (χ3v) is 3.49. The summed E-state index contributed by atoms with van der Waals surface area (Å²) in [5.74, 6) is 0.163. The second kappa shape index (κ2) is 5.85. The zero-order valence-corrected chi connectivity index (χ0v) is 11.8. The third kappa shape index (κ3) is 3.12. The zero-order chi connectivity index (χ0) is 13.8. The second-order valence-electron chi connectivity index (χ2n) is 3.47. The van der Waals surface area contributed by atoms with Crippen LogP contribution in [0.4, 0.5) is 10.8 Å². The van der Waals surface area contributed by atoms with Crippen LogP contribution in [0.2, 0.25) is 5.02 Å². The summed E-state index contributed by atoms with van der Waals surface area (Å²) in [7, 11) is 3.23. The van der Waals surface area contributed by atoms with Gasteiger partial charge in [-0.05, 0) is 12.1 Å². The summed E-state index contributed by atoms with van der Waals surface area (Å²) in [6.07, 6.45) is 0. The van der Waals surface area contributed by atoms with E-state index in [2.05, 4.69) is 20.8 Å². The van der Waals surface area contributed by atoms with Crippen molar-refractivity contribution < 1.29 is 9.53 Å². The number of methoxy groups -OCH3 is 1. The van der Waals surface area contributed by atoms with Crippen LogP contribution in [-0.4, -0.2) is 30.3 Å². The molecule has 2 aromatic rings. The molecule has 8 heteroatoms. The van der Waals surface area contributed by atoms with Crippen LogP contribution in [-0.2, 0) is 0 Å². The van der Waals surface area contributed by atoms with Gasteiger partial charge in [-0.3, -0.25) is 4.79 Å². The number of rotatable bonds is 4. The molecule has 0 radical (unpaired) electrons. The number of amides is 1. The van der Waals surface area contributed by atoms with Gasteiger partial charge in [-0.1, -0.05) is 22.9 Å². The first-order valence-electron chi connectivity index (χ1n) is 5.30. The maximum Gasteiger partial charge on any atom is 0.286 e. The van der Waals surface area contributed by atoms with E-state index in [9.17, 15) is 4.79 Å². The number of hydrogen-bond acceptors (Lipinski definition) is 6. The molecule has 1 amide bonds. The van der Waals surface area contributed by atoms with Crippen molar-refractivity contribution in [2.45, 2.75) is 0 Å². The Hall–Kier alpha value is -1.86. The minimum atomic E-state index is -0.330. The molecule has 0 spiro atoms. The van der Waals surface area contributed by atoms with E-state index in [0.717, 1.165) is 0 Å². The van der Waals surface area contributed by atoms with Crippen LogP contribution < -0.4 is 15.4 Å². The highest BCUT2D eigenvalue weighted by Crippen LogP contribution is 2.27. The van der Waals surface area contributed by atoms with E-state index in [4.69, 9.17) is 16.3 Å². The van der Waals surface area contributed by atoms with E-state index in [1.165, 1.54) is 18.4 Å². The predicted molar refractivity (Wildman–Crippen MR) is 75.4 cm³/mol. The lowest BCUT2D eigenvalue weighted by atomic mass is 10.3. The van der Waals surface area contributed by atoms with E-state index < -0.39 is 0 Å². The minimum absolute atomic E-state index is 0.276. The summed E-state index contributed by atoms with van der Waals surface area (Å²) in [4.78, 5) is 11.9. The van der Waals surface area contributed by atoms with E-state index in [-0.39, 0.29) is 10.9 Å². The summed E-state index contributed by atoms with van der Waals surface area (Å²) in [6.45, 7) is 0. The standard InChI is InChI=1S/C11H11ClN4O2S/c1-13-11-16-15-10(19-11)9(17)14-6-3-4-7(12)8(5-6)18-2/h3-5H,1-2H3,(H,13,16)(H,14,17). The van der Waals surface area contributed by atoms with Crippen LogP contribution in [0.1, 0.15) is 9.80 Å². The van der Waals surface area contributed by atoms with Crippen LogP contribution in [0.5, 0.6) is 5.75 Å². The lowest BCUT2D eigenvalue weighted by Gasteiger charge is -2.06. The molecule has 0 aliphatic rings. The summed E-state index contributed by atoms with van der Waals surface area (Å²) >= 11 is 7.08. The average Bonchev–Trinajstić information content (AvgIpc) is 2.90. The maximum atomic E-state index is 11.9. The zero-order valence-electron chi connectivity index (χ0n) is 10.2. The molecule has 0 saturated heterocycles. The quantitative estimate of drug-likeness (QED) is 0.907. The molecular formula is C11H11ClN4O2S. The van der Waals surface area contributed by atoms with Crippen molar-refractivity contribution >= 4 is 39.7 Å². The van der Waals surface area contributed by atoms with Crippen molar-refractivity contribution in [3.8, 4) is 5.75 Å². The SMILES string of the molecule is CNc1nnc(C(=O)Nc2ccc(Cl)c(OC)c2)s1. The van der Waals surface area contributed by atoms with Gasteiger partial charge in [0.05, 0.1) is 12.1 Å². The molecule has 6 nitrogen and oxygen atoms in total. The first-order valence-corrected chi connectivity index (χ1v) is 6.49. The Morgan fingerprint density at radius 3 is 2.84 bits per heavy atom. The van der Waals surface area contributed by atoms with Crippen molar-refractivity contribution in [3.63, 3.8) is 0 Å². The van der Waals surface area contributed by atoms with Crippen molar-refractivity contribution in [2.75, 3.05) is 24.8 Å². The van der Waals surface area contributed by atoms with Crippen LogP contribution in [0.3, 0.4) is 0 Å².